The summed E-state index contributed by atoms with van der Waals surface area (Å²) in [4.78, 5) is 14.9. The van der Waals surface area contributed by atoms with Crippen LogP contribution in [0.15, 0.2) is 24.3 Å². The van der Waals surface area contributed by atoms with Gasteiger partial charge in [0.25, 0.3) is 0 Å². The Labute approximate surface area is 124 Å². The molecular formula is C15H20N2O2S. The van der Waals surface area contributed by atoms with Gasteiger partial charge in [-0.05, 0) is 26.3 Å². The first-order valence-corrected chi connectivity index (χ1v) is 7.22. The summed E-state index contributed by atoms with van der Waals surface area (Å²) in [5, 5.41) is 0. The van der Waals surface area contributed by atoms with E-state index in [1.165, 1.54) is 0 Å². The Bertz CT molecular complexity index is 516. The zero-order valence-electron chi connectivity index (χ0n) is 11.8. The predicted octanol–water partition coefficient (Wildman–Crippen LogP) is 2.08. The van der Waals surface area contributed by atoms with Crippen LogP contribution in [0.4, 0.5) is 0 Å². The highest BCUT2D eigenvalue weighted by molar-refractivity contribution is 7.80. The summed E-state index contributed by atoms with van der Waals surface area (Å²) in [6.45, 7) is 4.83. The number of fused-ring (bicyclic) bond motifs is 1. The Morgan fingerprint density at radius 2 is 2.20 bits per heavy atom. The molecular weight excluding hydrogens is 272 g/mol. The Balaban J connectivity index is 2.26. The summed E-state index contributed by atoms with van der Waals surface area (Å²) >= 11 is 4.95. The van der Waals surface area contributed by atoms with Crippen molar-refractivity contribution >= 4 is 23.1 Å². The number of hydrogen-bond acceptors (Lipinski definition) is 3. The molecule has 0 saturated heterocycles. The minimum atomic E-state index is -0.170. The van der Waals surface area contributed by atoms with Crippen molar-refractivity contribution in [2.45, 2.75) is 32.2 Å². The molecule has 0 bridgehead atoms. The van der Waals surface area contributed by atoms with E-state index in [1.807, 2.05) is 38.1 Å². The first kappa shape index (κ1) is 14.8. The topological polar surface area (TPSA) is 55.6 Å². The first-order valence-electron chi connectivity index (χ1n) is 6.81. The highest BCUT2D eigenvalue weighted by Gasteiger charge is 2.32. The SMILES string of the molecule is CC(C)N(CC(N)=S)C(=O)C1CCOc2ccccc21. The van der Waals surface area contributed by atoms with Crippen LogP contribution < -0.4 is 10.5 Å². The minimum absolute atomic E-state index is 0.0685. The van der Waals surface area contributed by atoms with E-state index < -0.39 is 0 Å². The fraction of sp³-hybridized carbons (Fsp3) is 0.467. The van der Waals surface area contributed by atoms with Gasteiger partial charge in [0.2, 0.25) is 5.91 Å². The zero-order valence-corrected chi connectivity index (χ0v) is 12.7. The fourth-order valence-corrected chi connectivity index (χ4v) is 2.62. The molecule has 2 N–H and O–H groups in total. The largest absolute Gasteiger partial charge is 0.493 e. The van der Waals surface area contributed by atoms with E-state index in [9.17, 15) is 4.79 Å². The van der Waals surface area contributed by atoms with Gasteiger partial charge in [0.1, 0.15) is 5.75 Å². The van der Waals surface area contributed by atoms with Crippen LogP contribution in [-0.4, -0.2) is 35.0 Å². The summed E-state index contributed by atoms with van der Waals surface area (Å²) in [6.07, 6.45) is 0.691. The van der Waals surface area contributed by atoms with Crippen molar-refractivity contribution in [3.63, 3.8) is 0 Å². The number of benzene rings is 1. The van der Waals surface area contributed by atoms with Crippen molar-refractivity contribution in [3.05, 3.63) is 29.8 Å². The first-order chi connectivity index (χ1) is 9.50. The number of hydrogen-bond donors (Lipinski definition) is 1. The number of rotatable bonds is 4. The van der Waals surface area contributed by atoms with Crippen molar-refractivity contribution in [2.75, 3.05) is 13.2 Å². The van der Waals surface area contributed by atoms with Gasteiger partial charge >= 0.3 is 0 Å². The normalized spacial score (nSPS) is 17.2. The van der Waals surface area contributed by atoms with Crippen molar-refractivity contribution in [1.82, 2.24) is 4.90 Å². The van der Waals surface area contributed by atoms with E-state index in [0.29, 0.717) is 24.6 Å². The second kappa shape index (κ2) is 6.22. The summed E-state index contributed by atoms with van der Waals surface area (Å²) < 4.78 is 5.60. The molecule has 0 spiro atoms. The molecule has 5 heteroatoms. The van der Waals surface area contributed by atoms with Crippen molar-refractivity contribution < 1.29 is 9.53 Å². The van der Waals surface area contributed by atoms with Crippen molar-refractivity contribution in [1.29, 1.82) is 0 Å². The van der Waals surface area contributed by atoms with Crippen LogP contribution in [0.5, 0.6) is 5.75 Å². The molecule has 1 atom stereocenters. The minimum Gasteiger partial charge on any atom is -0.493 e. The molecule has 1 aliphatic rings. The fourth-order valence-electron chi connectivity index (χ4n) is 2.48. The lowest BCUT2D eigenvalue weighted by Crippen LogP contribution is -2.45. The molecule has 108 valence electrons. The molecule has 0 aromatic heterocycles. The van der Waals surface area contributed by atoms with E-state index in [4.69, 9.17) is 22.7 Å². The second-order valence-corrected chi connectivity index (χ2v) is 5.78. The summed E-state index contributed by atoms with van der Waals surface area (Å²) in [5.41, 5.74) is 6.56. The molecule has 1 amide bonds. The molecule has 1 aromatic rings. The van der Waals surface area contributed by atoms with Gasteiger partial charge in [0.15, 0.2) is 0 Å². The molecule has 0 radical (unpaired) electrons. The summed E-state index contributed by atoms with van der Waals surface area (Å²) in [7, 11) is 0. The van der Waals surface area contributed by atoms with E-state index >= 15 is 0 Å². The molecule has 1 heterocycles. The molecule has 0 aliphatic carbocycles. The highest BCUT2D eigenvalue weighted by Crippen LogP contribution is 2.34. The van der Waals surface area contributed by atoms with Gasteiger partial charge in [0, 0.05) is 11.6 Å². The van der Waals surface area contributed by atoms with Gasteiger partial charge < -0.3 is 15.4 Å². The Kier molecular flexibility index (Phi) is 4.60. The van der Waals surface area contributed by atoms with Crippen LogP contribution in [0.2, 0.25) is 0 Å². The lowest BCUT2D eigenvalue weighted by atomic mass is 9.91. The Morgan fingerprint density at radius 1 is 1.50 bits per heavy atom. The number of ether oxygens (including phenoxy) is 1. The van der Waals surface area contributed by atoms with Crippen LogP contribution in [-0.2, 0) is 4.79 Å². The van der Waals surface area contributed by atoms with Crippen LogP contribution in [0.25, 0.3) is 0 Å². The van der Waals surface area contributed by atoms with Crippen LogP contribution >= 0.6 is 12.2 Å². The maximum atomic E-state index is 12.8. The third kappa shape index (κ3) is 3.10. The van der Waals surface area contributed by atoms with E-state index in [1.54, 1.807) is 4.90 Å². The zero-order chi connectivity index (χ0) is 14.7. The van der Waals surface area contributed by atoms with Crippen molar-refractivity contribution in [2.24, 2.45) is 5.73 Å². The molecule has 4 nitrogen and oxygen atoms in total. The standard InChI is InChI=1S/C15H20N2O2S/c1-10(2)17(9-14(16)20)15(18)12-7-8-19-13-6-4-3-5-11(12)13/h3-6,10,12H,7-9H2,1-2H3,(H2,16,20). The molecule has 1 unspecified atom stereocenters. The number of thiocarbonyl (C=S) groups is 1. The summed E-state index contributed by atoms with van der Waals surface area (Å²) in [5.74, 6) is 0.705. The molecule has 1 aromatic carbocycles. The quantitative estimate of drug-likeness (QED) is 0.863. The number of carbonyl (C=O) groups is 1. The van der Waals surface area contributed by atoms with Crippen LogP contribution in [0.3, 0.4) is 0 Å². The van der Waals surface area contributed by atoms with Crippen molar-refractivity contribution in [3.8, 4) is 5.75 Å². The lowest BCUT2D eigenvalue weighted by Gasteiger charge is -2.33. The maximum Gasteiger partial charge on any atom is 0.231 e. The molecule has 20 heavy (non-hydrogen) atoms. The van der Waals surface area contributed by atoms with E-state index in [-0.39, 0.29) is 17.9 Å². The van der Waals surface area contributed by atoms with E-state index in [0.717, 1.165) is 11.3 Å². The van der Waals surface area contributed by atoms with E-state index in [2.05, 4.69) is 0 Å². The van der Waals surface area contributed by atoms with Gasteiger partial charge in [-0.2, -0.15) is 0 Å². The highest BCUT2D eigenvalue weighted by atomic mass is 32.1. The molecule has 0 saturated carbocycles. The van der Waals surface area contributed by atoms with Crippen LogP contribution in [0, 0.1) is 0 Å². The smallest absolute Gasteiger partial charge is 0.231 e. The Morgan fingerprint density at radius 3 is 2.85 bits per heavy atom. The van der Waals surface area contributed by atoms with Gasteiger partial charge in [-0.1, -0.05) is 30.4 Å². The molecule has 2 rings (SSSR count). The molecule has 1 aliphatic heterocycles. The predicted molar refractivity (Wildman–Crippen MR) is 82.9 cm³/mol. The number of nitrogens with two attached hydrogens (primary N) is 1. The molecule has 0 fully saturated rings. The number of para-hydroxylation sites is 1. The van der Waals surface area contributed by atoms with Gasteiger partial charge in [-0.3, -0.25) is 4.79 Å². The van der Waals surface area contributed by atoms with Crippen LogP contribution in [0.1, 0.15) is 31.7 Å². The number of nitrogens with zero attached hydrogens (tertiary/aromatic N) is 1. The maximum absolute atomic E-state index is 12.8. The van der Waals surface area contributed by atoms with Gasteiger partial charge in [-0.25, -0.2) is 0 Å². The lowest BCUT2D eigenvalue weighted by molar-refractivity contribution is -0.134. The van der Waals surface area contributed by atoms with Gasteiger partial charge in [0.05, 0.1) is 24.1 Å². The average Bonchev–Trinajstić information content (AvgIpc) is 2.43. The second-order valence-electron chi connectivity index (χ2n) is 5.25. The number of carbonyl (C=O) groups excluding carboxylic acids is 1. The average molecular weight is 292 g/mol. The third-order valence-electron chi connectivity index (χ3n) is 3.49. The monoisotopic (exact) mass is 292 g/mol. The number of amides is 1. The third-order valence-corrected chi connectivity index (χ3v) is 3.62. The Hall–Kier alpha value is -1.62. The summed E-state index contributed by atoms with van der Waals surface area (Å²) in [6, 6.07) is 7.78. The van der Waals surface area contributed by atoms with Gasteiger partial charge in [-0.15, -0.1) is 0 Å².